The fourth-order valence-electron chi connectivity index (χ4n) is 2.86. The van der Waals surface area contributed by atoms with Gasteiger partial charge in [0, 0.05) is 17.8 Å². The molecule has 5 heteroatoms. The summed E-state index contributed by atoms with van der Waals surface area (Å²) < 4.78 is 5.70. The lowest BCUT2D eigenvalue weighted by molar-refractivity contribution is -0.118. The number of anilines is 2. The molecule has 0 fully saturated rings. The Labute approximate surface area is 167 Å². The molecule has 2 rings (SSSR count). The molecule has 0 heterocycles. The summed E-state index contributed by atoms with van der Waals surface area (Å²) in [6.45, 7) is 6.21. The zero-order valence-corrected chi connectivity index (χ0v) is 17.0. The van der Waals surface area contributed by atoms with Gasteiger partial charge >= 0.3 is 0 Å². The molecule has 150 valence electrons. The normalized spacial score (nSPS) is 10.6. The fourth-order valence-corrected chi connectivity index (χ4v) is 2.86. The minimum atomic E-state index is -0.245. The van der Waals surface area contributed by atoms with E-state index in [-0.39, 0.29) is 18.4 Å². The first-order valence-electron chi connectivity index (χ1n) is 9.91. The standard InChI is InChI=1S/C23H30N2O3/c1-4-5-6-14-22(26)24-18-10-9-11-19(15-18)25-23(27)16-28-21-13-8-7-12-20(21)17(2)3/h7-13,15,17H,4-6,14,16H2,1-3H3,(H,24,26)(H,25,27). The number of ether oxygens (including phenoxy) is 1. The molecule has 5 nitrogen and oxygen atoms in total. The van der Waals surface area contributed by atoms with Crippen LogP contribution in [0.3, 0.4) is 0 Å². The third-order valence-electron chi connectivity index (χ3n) is 4.34. The summed E-state index contributed by atoms with van der Waals surface area (Å²) in [6.07, 6.45) is 3.52. The Morgan fingerprint density at radius 1 is 0.929 bits per heavy atom. The second-order valence-corrected chi connectivity index (χ2v) is 7.12. The first-order valence-corrected chi connectivity index (χ1v) is 9.91. The molecule has 0 saturated heterocycles. The average Bonchev–Trinajstić information content (AvgIpc) is 2.67. The molecule has 0 unspecified atom stereocenters. The minimum absolute atomic E-state index is 0.00875. The number of carbonyl (C=O) groups excluding carboxylic acids is 2. The highest BCUT2D eigenvalue weighted by Gasteiger charge is 2.10. The average molecular weight is 383 g/mol. The first kappa shape index (κ1) is 21.5. The molecule has 2 N–H and O–H groups in total. The largest absolute Gasteiger partial charge is 0.483 e. The lowest BCUT2D eigenvalue weighted by Gasteiger charge is -2.14. The molecule has 0 spiro atoms. The number of hydrogen-bond acceptors (Lipinski definition) is 3. The van der Waals surface area contributed by atoms with Crippen molar-refractivity contribution < 1.29 is 14.3 Å². The van der Waals surface area contributed by atoms with Crippen LogP contribution in [0.1, 0.15) is 57.9 Å². The van der Waals surface area contributed by atoms with E-state index in [1.54, 1.807) is 18.2 Å². The van der Waals surface area contributed by atoms with Gasteiger partial charge in [0.1, 0.15) is 5.75 Å². The van der Waals surface area contributed by atoms with Crippen LogP contribution in [-0.2, 0) is 9.59 Å². The molecule has 0 bridgehead atoms. The number of benzene rings is 2. The van der Waals surface area contributed by atoms with E-state index < -0.39 is 0 Å². The van der Waals surface area contributed by atoms with Gasteiger partial charge in [0.2, 0.25) is 5.91 Å². The van der Waals surface area contributed by atoms with E-state index in [0.717, 1.165) is 30.6 Å². The molecule has 0 atom stereocenters. The zero-order chi connectivity index (χ0) is 20.4. The lowest BCUT2D eigenvalue weighted by Crippen LogP contribution is -2.20. The van der Waals surface area contributed by atoms with Crippen LogP contribution in [-0.4, -0.2) is 18.4 Å². The van der Waals surface area contributed by atoms with Gasteiger partial charge in [0.15, 0.2) is 6.61 Å². The molecule has 2 amide bonds. The van der Waals surface area contributed by atoms with Crippen molar-refractivity contribution in [2.75, 3.05) is 17.2 Å². The Morgan fingerprint density at radius 2 is 1.61 bits per heavy atom. The van der Waals surface area contributed by atoms with E-state index in [9.17, 15) is 9.59 Å². The van der Waals surface area contributed by atoms with Gasteiger partial charge in [-0.25, -0.2) is 0 Å². The SMILES string of the molecule is CCCCCC(=O)Nc1cccc(NC(=O)COc2ccccc2C(C)C)c1. The summed E-state index contributed by atoms with van der Waals surface area (Å²) >= 11 is 0. The zero-order valence-electron chi connectivity index (χ0n) is 17.0. The second kappa shape index (κ2) is 11.1. The third-order valence-corrected chi connectivity index (χ3v) is 4.34. The molecule has 0 aliphatic rings. The molecule has 0 aliphatic carbocycles. The van der Waals surface area contributed by atoms with Crippen molar-refractivity contribution in [2.24, 2.45) is 0 Å². The highest BCUT2D eigenvalue weighted by atomic mass is 16.5. The van der Waals surface area contributed by atoms with Gasteiger partial charge in [-0.05, 0) is 42.2 Å². The molecular formula is C23H30N2O3. The number of unbranched alkanes of at least 4 members (excludes halogenated alkanes) is 2. The van der Waals surface area contributed by atoms with Crippen LogP contribution in [0.4, 0.5) is 11.4 Å². The van der Waals surface area contributed by atoms with E-state index in [4.69, 9.17) is 4.74 Å². The van der Waals surface area contributed by atoms with E-state index >= 15 is 0 Å². The predicted octanol–water partition coefficient (Wildman–Crippen LogP) is 5.35. The molecule has 2 aromatic rings. The van der Waals surface area contributed by atoms with E-state index in [2.05, 4.69) is 31.4 Å². The number of para-hydroxylation sites is 1. The summed E-state index contributed by atoms with van der Waals surface area (Å²) in [5.41, 5.74) is 2.37. The maximum atomic E-state index is 12.3. The summed E-state index contributed by atoms with van der Waals surface area (Å²) in [5, 5.41) is 5.68. The maximum Gasteiger partial charge on any atom is 0.262 e. The van der Waals surface area contributed by atoms with Gasteiger partial charge in [-0.3, -0.25) is 9.59 Å². The second-order valence-electron chi connectivity index (χ2n) is 7.12. The smallest absolute Gasteiger partial charge is 0.262 e. The fraction of sp³-hybridized carbons (Fsp3) is 0.391. The molecule has 0 aromatic heterocycles. The Balaban J connectivity index is 1.88. The number of nitrogens with one attached hydrogen (secondary N) is 2. The molecule has 0 aliphatic heterocycles. The van der Waals surface area contributed by atoms with Crippen LogP contribution >= 0.6 is 0 Å². The highest BCUT2D eigenvalue weighted by Crippen LogP contribution is 2.25. The van der Waals surface area contributed by atoms with Gasteiger partial charge < -0.3 is 15.4 Å². The minimum Gasteiger partial charge on any atom is -0.483 e. The Hall–Kier alpha value is -2.82. The number of carbonyl (C=O) groups is 2. The van der Waals surface area contributed by atoms with E-state index in [1.165, 1.54) is 0 Å². The number of rotatable bonds is 10. The van der Waals surface area contributed by atoms with E-state index in [1.807, 2.05) is 30.3 Å². The van der Waals surface area contributed by atoms with Crippen molar-refractivity contribution in [1.82, 2.24) is 0 Å². The van der Waals surface area contributed by atoms with Crippen molar-refractivity contribution in [1.29, 1.82) is 0 Å². The van der Waals surface area contributed by atoms with Crippen LogP contribution in [0.25, 0.3) is 0 Å². The van der Waals surface area contributed by atoms with Gasteiger partial charge in [-0.15, -0.1) is 0 Å². The predicted molar refractivity (Wildman–Crippen MR) is 114 cm³/mol. The molecule has 2 aromatic carbocycles. The Bertz CT molecular complexity index is 787. The summed E-state index contributed by atoms with van der Waals surface area (Å²) in [5.74, 6) is 0.785. The van der Waals surface area contributed by atoms with Gasteiger partial charge in [0.05, 0.1) is 0 Å². The van der Waals surface area contributed by atoms with Crippen molar-refractivity contribution in [3.63, 3.8) is 0 Å². The number of amides is 2. The van der Waals surface area contributed by atoms with Crippen molar-refractivity contribution in [3.05, 3.63) is 54.1 Å². The highest BCUT2D eigenvalue weighted by molar-refractivity contribution is 5.94. The lowest BCUT2D eigenvalue weighted by atomic mass is 10.0. The monoisotopic (exact) mass is 382 g/mol. The van der Waals surface area contributed by atoms with Crippen LogP contribution in [0.5, 0.6) is 5.75 Å². The summed E-state index contributed by atoms with van der Waals surface area (Å²) in [6, 6.07) is 14.9. The summed E-state index contributed by atoms with van der Waals surface area (Å²) in [4.78, 5) is 24.2. The molecule has 0 radical (unpaired) electrons. The Morgan fingerprint density at radius 3 is 2.29 bits per heavy atom. The van der Waals surface area contributed by atoms with Crippen molar-refractivity contribution in [2.45, 2.75) is 52.4 Å². The van der Waals surface area contributed by atoms with Crippen LogP contribution in [0.15, 0.2) is 48.5 Å². The third kappa shape index (κ3) is 7.06. The van der Waals surface area contributed by atoms with Crippen molar-refractivity contribution >= 4 is 23.2 Å². The summed E-state index contributed by atoms with van der Waals surface area (Å²) in [7, 11) is 0. The van der Waals surface area contributed by atoms with E-state index in [0.29, 0.717) is 23.7 Å². The first-order chi connectivity index (χ1) is 13.5. The van der Waals surface area contributed by atoms with Crippen molar-refractivity contribution in [3.8, 4) is 5.75 Å². The quantitative estimate of drug-likeness (QED) is 0.545. The number of hydrogen-bond donors (Lipinski definition) is 2. The molecule has 28 heavy (non-hydrogen) atoms. The molecular weight excluding hydrogens is 352 g/mol. The topological polar surface area (TPSA) is 67.4 Å². The molecule has 0 saturated carbocycles. The van der Waals surface area contributed by atoms with Gasteiger partial charge in [-0.2, -0.15) is 0 Å². The maximum absolute atomic E-state index is 12.3. The van der Waals surface area contributed by atoms with Crippen LogP contribution in [0.2, 0.25) is 0 Å². The van der Waals surface area contributed by atoms with Gasteiger partial charge in [-0.1, -0.05) is 57.9 Å². The van der Waals surface area contributed by atoms with Crippen LogP contribution < -0.4 is 15.4 Å². The van der Waals surface area contributed by atoms with Gasteiger partial charge in [0.25, 0.3) is 5.91 Å². The Kier molecular flexibility index (Phi) is 8.53. The van der Waals surface area contributed by atoms with Crippen LogP contribution in [0, 0.1) is 0 Å².